The molecule has 0 heterocycles. The molecule has 0 spiro atoms. The van der Waals surface area contributed by atoms with Crippen LogP contribution < -0.4 is 4.90 Å². The number of hydrogen-bond donors (Lipinski definition) is 0. The predicted octanol–water partition coefficient (Wildman–Crippen LogP) is 3.58. The van der Waals surface area contributed by atoms with Crippen molar-refractivity contribution in [1.29, 1.82) is 0 Å². The van der Waals surface area contributed by atoms with Gasteiger partial charge in [-0.25, -0.2) is 0 Å². The zero-order valence-corrected chi connectivity index (χ0v) is 13.2. The maximum Gasteiger partial charge on any atom is 0.269 e. The average molecular weight is 313 g/mol. The number of alkyl halides is 1. The minimum Gasteiger partial charge on any atom is -0.383 e. The second-order valence-electron chi connectivity index (χ2n) is 5.47. The van der Waals surface area contributed by atoms with Crippen molar-refractivity contribution in [3.05, 3.63) is 33.9 Å². The van der Waals surface area contributed by atoms with Crippen molar-refractivity contribution in [3.8, 4) is 0 Å². The Hall–Kier alpha value is -1.33. The lowest BCUT2D eigenvalue weighted by molar-refractivity contribution is -0.384. The molecule has 1 aromatic rings. The number of halogens is 1. The molecule has 1 aliphatic rings. The van der Waals surface area contributed by atoms with Gasteiger partial charge in [0.15, 0.2) is 0 Å². The highest BCUT2D eigenvalue weighted by molar-refractivity contribution is 6.17. The lowest BCUT2D eigenvalue weighted by Gasteiger charge is -2.32. The molecule has 0 aliphatic heterocycles. The second-order valence-corrected chi connectivity index (χ2v) is 5.74. The van der Waals surface area contributed by atoms with Gasteiger partial charge < -0.3 is 9.64 Å². The summed E-state index contributed by atoms with van der Waals surface area (Å²) in [6.07, 6.45) is 2.49. The highest BCUT2D eigenvalue weighted by atomic mass is 35.5. The zero-order chi connectivity index (χ0) is 15.4. The molecule has 0 saturated heterocycles. The van der Waals surface area contributed by atoms with Crippen LogP contribution in [-0.4, -0.2) is 31.2 Å². The quantitative estimate of drug-likeness (QED) is 0.418. The van der Waals surface area contributed by atoms with E-state index in [4.69, 9.17) is 16.3 Å². The minimum absolute atomic E-state index is 0.0835. The summed E-state index contributed by atoms with van der Waals surface area (Å²) in [6, 6.07) is 5.32. The van der Waals surface area contributed by atoms with Gasteiger partial charge in [0, 0.05) is 43.4 Å². The van der Waals surface area contributed by atoms with Gasteiger partial charge in [0.1, 0.15) is 0 Å². The maximum absolute atomic E-state index is 10.9. The van der Waals surface area contributed by atoms with Crippen molar-refractivity contribution in [2.45, 2.75) is 31.7 Å². The molecule has 1 fully saturated rings. The number of ether oxygens (including phenoxy) is 1. The summed E-state index contributed by atoms with van der Waals surface area (Å²) in [6.45, 7) is 3.58. The molecule has 0 radical (unpaired) electrons. The first-order valence-electron chi connectivity index (χ1n) is 7.17. The molecule has 6 heteroatoms. The first-order valence-corrected chi connectivity index (χ1v) is 7.70. The lowest BCUT2D eigenvalue weighted by atomic mass is 10.1. The molecule has 2 rings (SSSR count). The van der Waals surface area contributed by atoms with E-state index in [2.05, 4.69) is 11.8 Å². The number of nitro benzene ring substituents is 1. The van der Waals surface area contributed by atoms with Gasteiger partial charge in [-0.05, 0) is 37.3 Å². The fourth-order valence-electron chi connectivity index (χ4n) is 2.64. The summed E-state index contributed by atoms with van der Waals surface area (Å²) in [5.74, 6) is 0.956. The zero-order valence-electron chi connectivity index (χ0n) is 12.4. The van der Waals surface area contributed by atoms with Crippen molar-refractivity contribution >= 4 is 23.0 Å². The Morgan fingerprint density at radius 2 is 2.24 bits per heavy atom. The Labute approximate surface area is 130 Å². The van der Waals surface area contributed by atoms with Gasteiger partial charge in [-0.1, -0.05) is 0 Å². The largest absolute Gasteiger partial charge is 0.383 e. The van der Waals surface area contributed by atoms with Crippen LogP contribution in [0.3, 0.4) is 0 Å². The van der Waals surface area contributed by atoms with Gasteiger partial charge in [-0.15, -0.1) is 11.6 Å². The molecule has 21 heavy (non-hydrogen) atoms. The summed E-state index contributed by atoms with van der Waals surface area (Å²) in [5.41, 5.74) is 1.86. The monoisotopic (exact) mass is 312 g/mol. The van der Waals surface area contributed by atoms with Crippen LogP contribution in [0, 0.1) is 16.0 Å². The average Bonchev–Trinajstić information content (AvgIpc) is 3.31. The first kappa shape index (κ1) is 16.0. The van der Waals surface area contributed by atoms with Crippen LogP contribution in [0.4, 0.5) is 11.4 Å². The number of methoxy groups -OCH3 is 1. The number of benzene rings is 1. The highest BCUT2D eigenvalue weighted by Crippen LogP contribution is 2.38. The Morgan fingerprint density at radius 3 is 2.76 bits per heavy atom. The van der Waals surface area contributed by atoms with E-state index in [0.717, 1.165) is 17.8 Å². The molecular weight excluding hydrogens is 292 g/mol. The number of non-ortho nitro benzene ring substituents is 1. The summed E-state index contributed by atoms with van der Waals surface area (Å²) < 4.78 is 5.20. The van der Waals surface area contributed by atoms with E-state index < -0.39 is 0 Å². The molecule has 0 N–H and O–H groups in total. The van der Waals surface area contributed by atoms with Crippen LogP contribution in [0.1, 0.15) is 25.3 Å². The summed E-state index contributed by atoms with van der Waals surface area (Å²) in [4.78, 5) is 12.8. The van der Waals surface area contributed by atoms with E-state index in [1.54, 1.807) is 19.2 Å². The third kappa shape index (κ3) is 3.86. The number of nitrogens with zero attached hydrogens (tertiary/aromatic N) is 2. The third-order valence-corrected chi connectivity index (χ3v) is 4.35. The van der Waals surface area contributed by atoms with Crippen molar-refractivity contribution < 1.29 is 9.66 Å². The van der Waals surface area contributed by atoms with E-state index in [0.29, 0.717) is 18.6 Å². The third-order valence-electron chi connectivity index (χ3n) is 4.06. The Kier molecular flexibility index (Phi) is 5.42. The van der Waals surface area contributed by atoms with Crippen molar-refractivity contribution in [1.82, 2.24) is 0 Å². The van der Waals surface area contributed by atoms with E-state index in [1.807, 2.05) is 6.07 Å². The molecule has 0 bridgehead atoms. The van der Waals surface area contributed by atoms with E-state index >= 15 is 0 Å². The Morgan fingerprint density at radius 1 is 1.52 bits per heavy atom. The molecule has 116 valence electrons. The van der Waals surface area contributed by atoms with Crippen LogP contribution in [0.15, 0.2) is 18.2 Å². The van der Waals surface area contributed by atoms with Gasteiger partial charge >= 0.3 is 0 Å². The number of anilines is 1. The smallest absolute Gasteiger partial charge is 0.269 e. The predicted molar refractivity (Wildman–Crippen MR) is 84.1 cm³/mol. The van der Waals surface area contributed by atoms with Crippen molar-refractivity contribution in [3.63, 3.8) is 0 Å². The number of nitro groups is 1. The molecule has 0 aromatic heterocycles. The molecule has 1 saturated carbocycles. The van der Waals surface area contributed by atoms with Gasteiger partial charge in [0.25, 0.3) is 5.69 Å². The number of hydrogen-bond acceptors (Lipinski definition) is 4. The molecule has 0 amide bonds. The van der Waals surface area contributed by atoms with Crippen LogP contribution in [0.25, 0.3) is 0 Å². The molecule has 5 nitrogen and oxygen atoms in total. The first-order chi connectivity index (χ1) is 10.1. The van der Waals surface area contributed by atoms with E-state index in [1.165, 1.54) is 12.8 Å². The van der Waals surface area contributed by atoms with Gasteiger partial charge in [-0.3, -0.25) is 10.1 Å². The van der Waals surface area contributed by atoms with Gasteiger partial charge in [0.05, 0.1) is 11.5 Å². The van der Waals surface area contributed by atoms with Crippen LogP contribution in [-0.2, 0) is 10.6 Å². The molecule has 1 aromatic carbocycles. The second kappa shape index (κ2) is 7.09. The molecule has 1 aliphatic carbocycles. The topological polar surface area (TPSA) is 55.6 Å². The highest BCUT2D eigenvalue weighted by Gasteiger charge is 2.33. The molecular formula is C15H21ClN2O3. The SMILES string of the molecule is COCCN(c1ccc([N+](=O)[O-])cc1CCl)C(C)C1CC1. The fourth-order valence-corrected chi connectivity index (χ4v) is 2.85. The summed E-state index contributed by atoms with van der Waals surface area (Å²) in [7, 11) is 1.68. The standard InChI is InChI=1S/C15H21ClN2O3/c1-11(12-3-4-12)17(7-8-21-2)15-6-5-14(18(19)20)9-13(15)10-16/h5-6,9,11-12H,3-4,7-8,10H2,1-2H3. The van der Waals surface area contributed by atoms with Crippen LogP contribution >= 0.6 is 11.6 Å². The normalized spacial score (nSPS) is 15.8. The van der Waals surface area contributed by atoms with Gasteiger partial charge in [-0.2, -0.15) is 0 Å². The lowest BCUT2D eigenvalue weighted by Crippen LogP contribution is -2.37. The molecule has 1 atom stereocenters. The summed E-state index contributed by atoms with van der Waals surface area (Å²) in [5, 5.41) is 10.9. The molecule has 1 unspecified atom stereocenters. The Balaban J connectivity index is 2.30. The number of rotatable bonds is 8. The van der Waals surface area contributed by atoms with E-state index in [-0.39, 0.29) is 16.5 Å². The van der Waals surface area contributed by atoms with E-state index in [9.17, 15) is 10.1 Å². The van der Waals surface area contributed by atoms with Crippen LogP contribution in [0.5, 0.6) is 0 Å². The van der Waals surface area contributed by atoms with Crippen LogP contribution in [0.2, 0.25) is 0 Å². The maximum atomic E-state index is 10.9. The van der Waals surface area contributed by atoms with Gasteiger partial charge in [0.2, 0.25) is 0 Å². The van der Waals surface area contributed by atoms with Crippen molar-refractivity contribution in [2.75, 3.05) is 25.2 Å². The Bertz CT molecular complexity index is 506. The van der Waals surface area contributed by atoms with Crippen molar-refractivity contribution in [2.24, 2.45) is 5.92 Å². The summed E-state index contributed by atoms with van der Waals surface area (Å²) >= 11 is 6.01. The fraction of sp³-hybridized carbons (Fsp3) is 0.600. The minimum atomic E-state index is -0.385.